The van der Waals surface area contributed by atoms with Crippen LogP contribution >= 0.6 is 0 Å². The molecule has 146 valence electrons. The van der Waals surface area contributed by atoms with Crippen LogP contribution in [0.15, 0.2) is 33.9 Å². The molecule has 4 aromatic rings. The Morgan fingerprint density at radius 1 is 1.00 bits per heavy atom. The minimum Gasteiger partial charge on any atom is -0.314 e. The van der Waals surface area contributed by atoms with Crippen molar-refractivity contribution in [1.29, 1.82) is 0 Å². The number of nitrogens with zero attached hydrogens (tertiary/aromatic N) is 5. The third kappa shape index (κ3) is 2.46. The maximum Gasteiger partial charge on any atom is 0.332 e. The van der Waals surface area contributed by atoms with Crippen LogP contribution in [0.4, 0.5) is 0 Å². The van der Waals surface area contributed by atoms with Crippen molar-refractivity contribution in [3.63, 3.8) is 0 Å². The van der Waals surface area contributed by atoms with E-state index in [1.807, 2.05) is 49.4 Å². The molecule has 0 amide bonds. The van der Waals surface area contributed by atoms with E-state index in [2.05, 4.69) is 16.5 Å². The molecular formula is C21H25N5O2. The van der Waals surface area contributed by atoms with Crippen LogP contribution in [-0.2, 0) is 20.1 Å². The number of hydrogen-bond donors (Lipinski definition) is 0. The van der Waals surface area contributed by atoms with Gasteiger partial charge in [-0.3, -0.25) is 18.3 Å². The van der Waals surface area contributed by atoms with E-state index in [0.29, 0.717) is 16.9 Å². The largest absolute Gasteiger partial charge is 0.332 e. The van der Waals surface area contributed by atoms with Gasteiger partial charge in [-0.15, -0.1) is 0 Å². The molecule has 0 N–H and O–H groups in total. The summed E-state index contributed by atoms with van der Waals surface area (Å²) < 4.78 is 6.80. The van der Waals surface area contributed by atoms with E-state index < -0.39 is 0 Å². The molecule has 28 heavy (non-hydrogen) atoms. The van der Waals surface area contributed by atoms with Crippen LogP contribution in [-0.4, -0.2) is 23.1 Å². The lowest BCUT2D eigenvalue weighted by atomic mass is 10.1. The van der Waals surface area contributed by atoms with Crippen LogP contribution in [0, 0.1) is 20.8 Å². The molecule has 0 fully saturated rings. The van der Waals surface area contributed by atoms with E-state index in [-0.39, 0.29) is 17.8 Å². The monoisotopic (exact) mass is 379 g/mol. The van der Waals surface area contributed by atoms with E-state index in [0.717, 1.165) is 35.5 Å². The average molecular weight is 379 g/mol. The highest BCUT2D eigenvalue weighted by molar-refractivity contribution is 5.76. The summed E-state index contributed by atoms with van der Waals surface area (Å²) in [6, 6.07) is 7.81. The number of benzene rings is 1. The summed E-state index contributed by atoms with van der Waals surface area (Å²) in [6.45, 7) is 9.19. The van der Waals surface area contributed by atoms with Crippen molar-refractivity contribution < 1.29 is 0 Å². The van der Waals surface area contributed by atoms with Crippen LogP contribution in [0.2, 0.25) is 0 Å². The van der Waals surface area contributed by atoms with E-state index in [9.17, 15) is 9.59 Å². The van der Waals surface area contributed by atoms with Gasteiger partial charge >= 0.3 is 5.69 Å². The van der Waals surface area contributed by atoms with Crippen LogP contribution in [0.25, 0.3) is 16.9 Å². The molecule has 0 atom stereocenters. The first kappa shape index (κ1) is 18.3. The molecule has 0 bridgehead atoms. The maximum atomic E-state index is 13.4. The van der Waals surface area contributed by atoms with Crippen molar-refractivity contribution in [3.05, 3.63) is 67.6 Å². The van der Waals surface area contributed by atoms with Crippen molar-refractivity contribution in [1.82, 2.24) is 23.1 Å². The SMILES string of the molecule is CCCn1c(C)c(C)n2c3c(=O)n(Cc4ccccc4C)c(=O)n(C)c3nc12. The third-order valence-corrected chi connectivity index (χ3v) is 5.67. The third-order valence-electron chi connectivity index (χ3n) is 5.67. The summed E-state index contributed by atoms with van der Waals surface area (Å²) in [7, 11) is 1.68. The van der Waals surface area contributed by atoms with Gasteiger partial charge in [-0.2, -0.15) is 4.98 Å². The second kappa shape index (κ2) is 6.51. The highest BCUT2D eigenvalue weighted by atomic mass is 16.2. The summed E-state index contributed by atoms with van der Waals surface area (Å²) in [4.78, 5) is 31.0. The summed E-state index contributed by atoms with van der Waals surface area (Å²) >= 11 is 0. The zero-order valence-corrected chi connectivity index (χ0v) is 17.0. The molecular weight excluding hydrogens is 354 g/mol. The molecule has 0 aliphatic heterocycles. The lowest BCUT2D eigenvalue weighted by Crippen LogP contribution is -2.39. The Morgan fingerprint density at radius 2 is 1.71 bits per heavy atom. The van der Waals surface area contributed by atoms with Gasteiger partial charge in [0.05, 0.1) is 6.54 Å². The molecule has 0 saturated heterocycles. The Hall–Kier alpha value is -3.09. The molecule has 0 aliphatic rings. The first-order chi connectivity index (χ1) is 13.4. The van der Waals surface area contributed by atoms with Crippen molar-refractivity contribution >= 4 is 16.9 Å². The van der Waals surface area contributed by atoms with Crippen molar-refractivity contribution in [2.75, 3.05) is 0 Å². The zero-order chi connectivity index (χ0) is 20.2. The topological polar surface area (TPSA) is 66.2 Å². The second-order valence-electron chi connectivity index (χ2n) is 7.40. The molecule has 0 unspecified atom stereocenters. The quantitative estimate of drug-likeness (QED) is 0.547. The fourth-order valence-electron chi connectivity index (χ4n) is 3.90. The van der Waals surface area contributed by atoms with Gasteiger partial charge in [0.25, 0.3) is 5.56 Å². The minimum absolute atomic E-state index is 0.245. The molecule has 0 aliphatic carbocycles. The molecule has 7 heteroatoms. The van der Waals surface area contributed by atoms with E-state index in [4.69, 9.17) is 0 Å². The van der Waals surface area contributed by atoms with Gasteiger partial charge in [0, 0.05) is 25.0 Å². The van der Waals surface area contributed by atoms with Crippen LogP contribution in [0.1, 0.15) is 35.9 Å². The summed E-state index contributed by atoms with van der Waals surface area (Å²) in [5.74, 6) is 0.715. The lowest BCUT2D eigenvalue weighted by Gasteiger charge is -2.10. The van der Waals surface area contributed by atoms with Gasteiger partial charge in [0.2, 0.25) is 5.78 Å². The Balaban J connectivity index is 2.08. The standard InChI is InChI=1S/C21H25N5O2/c1-6-11-24-14(3)15(4)26-17-18(22-20(24)26)23(5)21(28)25(19(17)27)12-16-10-8-7-9-13(16)2/h7-10H,6,11-12H2,1-5H3. The molecule has 3 aromatic heterocycles. The predicted molar refractivity (Wildman–Crippen MR) is 110 cm³/mol. The van der Waals surface area contributed by atoms with E-state index >= 15 is 0 Å². The Morgan fingerprint density at radius 3 is 2.39 bits per heavy atom. The average Bonchev–Trinajstić information content (AvgIpc) is 3.17. The fourth-order valence-corrected chi connectivity index (χ4v) is 3.90. The molecule has 1 aromatic carbocycles. The van der Waals surface area contributed by atoms with Crippen molar-refractivity contribution in [2.45, 2.75) is 47.2 Å². The lowest BCUT2D eigenvalue weighted by molar-refractivity contribution is 0.654. The van der Waals surface area contributed by atoms with Gasteiger partial charge < -0.3 is 4.57 Å². The van der Waals surface area contributed by atoms with Gasteiger partial charge in [0.15, 0.2) is 11.2 Å². The second-order valence-corrected chi connectivity index (χ2v) is 7.40. The number of fused-ring (bicyclic) bond motifs is 3. The molecule has 0 spiro atoms. The van der Waals surface area contributed by atoms with Crippen LogP contribution < -0.4 is 11.2 Å². The van der Waals surface area contributed by atoms with Crippen LogP contribution in [0.3, 0.4) is 0 Å². The van der Waals surface area contributed by atoms with Gasteiger partial charge in [-0.1, -0.05) is 31.2 Å². The Bertz CT molecular complexity index is 1330. The van der Waals surface area contributed by atoms with Gasteiger partial charge in [0.1, 0.15) is 0 Å². The first-order valence-corrected chi connectivity index (χ1v) is 9.59. The fraction of sp³-hybridized carbons (Fsp3) is 0.381. The summed E-state index contributed by atoms with van der Waals surface area (Å²) in [5.41, 5.74) is 4.31. The van der Waals surface area contributed by atoms with E-state index in [1.54, 1.807) is 7.05 Å². The molecule has 7 nitrogen and oxygen atoms in total. The number of aryl methyl sites for hydroxylation is 4. The smallest absolute Gasteiger partial charge is 0.314 e. The highest BCUT2D eigenvalue weighted by Crippen LogP contribution is 2.21. The summed E-state index contributed by atoms with van der Waals surface area (Å²) in [6.07, 6.45) is 0.963. The van der Waals surface area contributed by atoms with Crippen LogP contribution in [0.5, 0.6) is 0 Å². The first-order valence-electron chi connectivity index (χ1n) is 9.59. The Kier molecular flexibility index (Phi) is 4.25. The molecule has 0 radical (unpaired) electrons. The van der Waals surface area contributed by atoms with Crippen molar-refractivity contribution in [3.8, 4) is 0 Å². The number of rotatable bonds is 4. The number of imidazole rings is 2. The normalized spacial score (nSPS) is 11.8. The number of hydrogen-bond acceptors (Lipinski definition) is 3. The molecule has 4 rings (SSSR count). The predicted octanol–water partition coefficient (Wildman–Crippen LogP) is 2.53. The minimum atomic E-state index is -0.349. The highest BCUT2D eigenvalue weighted by Gasteiger charge is 2.22. The molecule has 3 heterocycles. The van der Waals surface area contributed by atoms with Gasteiger partial charge in [-0.05, 0) is 38.3 Å². The Labute approximate surface area is 162 Å². The zero-order valence-electron chi connectivity index (χ0n) is 17.0. The van der Waals surface area contributed by atoms with Crippen molar-refractivity contribution in [2.24, 2.45) is 7.05 Å². The summed E-state index contributed by atoms with van der Waals surface area (Å²) in [5, 5.41) is 0. The van der Waals surface area contributed by atoms with Gasteiger partial charge in [-0.25, -0.2) is 4.79 Å². The molecule has 0 saturated carbocycles. The maximum absolute atomic E-state index is 13.4. The van der Waals surface area contributed by atoms with E-state index in [1.165, 1.54) is 9.13 Å². The number of aromatic nitrogens is 5.